The van der Waals surface area contributed by atoms with Crippen LogP contribution in [0.15, 0.2) is 150 Å². The molecule has 2 aliphatic heterocycles. The van der Waals surface area contributed by atoms with Crippen molar-refractivity contribution in [2.45, 2.75) is 38.3 Å². The van der Waals surface area contributed by atoms with E-state index in [0.717, 1.165) is 53.9 Å². The first-order valence-corrected chi connectivity index (χ1v) is 24.5. The normalized spacial score (nSPS) is 14.4. The van der Waals surface area contributed by atoms with Crippen LogP contribution in [0.5, 0.6) is 0 Å². The topological polar surface area (TPSA) is 155 Å². The minimum absolute atomic E-state index is 0.00571. The number of carbonyl (C=O) groups is 5. The van der Waals surface area contributed by atoms with E-state index in [4.69, 9.17) is 0 Å². The third-order valence-corrected chi connectivity index (χ3v) is 12.7. The van der Waals surface area contributed by atoms with Crippen molar-refractivity contribution >= 4 is 68.2 Å². The number of piperazine rings is 1. The molecule has 2 heterocycles. The second-order valence-electron chi connectivity index (χ2n) is 17.3. The zero-order valence-corrected chi connectivity index (χ0v) is 41.3. The summed E-state index contributed by atoms with van der Waals surface area (Å²) in [7, 11) is 0. The Morgan fingerprint density at radius 3 is 1.54 bits per heavy atom. The lowest BCUT2D eigenvalue weighted by Crippen LogP contribution is -2.46. The number of nitrogens with zero attached hydrogens (tertiary/aromatic N) is 3. The second kappa shape index (κ2) is 25.6. The average molecular weight is 1050 g/mol. The molecular formula is C55H56BrF3N8O5. The van der Waals surface area contributed by atoms with Gasteiger partial charge in [-0.3, -0.25) is 24.0 Å². The maximum absolute atomic E-state index is 14.3. The van der Waals surface area contributed by atoms with E-state index < -0.39 is 47.3 Å². The summed E-state index contributed by atoms with van der Waals surface area (Å²) in [6.45, 7) is 7.16. The summed E-state index contributed by atoms with van der Waals surface area (Å²) in [4.78, 5) is 70.5. The molecule has 374 valence electrons. The first-order chi connectivity index (χ1) is 34.8. The Bertz CT molecular complexity index is 2840. The van der Waals surface area contributed by atoms with Gasteiger partial charge in [-0.05, 0) is 78.2 Å². The highest BCUT2D eigenvalue weighted by atomic mass is 79.9. The predicted molar refractivity (Wildman–Crippen MR) is 278 cm³/mol. The van der Waals surface area contributed by atoms with Crippen molar-refractivity contribution in [3.05, 3.63) is 190 Å². The summed E-state index contributed by atoms with van der Waals surface area (Å²) in [5.74, 6) is -4.16. The Labute approximate surface area is 425 Å². The maximum Gasteiger partial charge on any atom is 0.254 e. The lowest BCUT2D eigenvalue weighted by molar-refractivity contribution is -0.128. The van der Waals surface area contributed by atoms with E-state index in [9.17, 15) is 37.1 Å². The monoisotopic (exact) mass is 1040 g/mol. The fourth-order valence-electron chi connectivity index (χ4n) is 8.47. The van der Waals surface area contributed by atoms with Gasteiger partial charge in [0.1, 0.15) is 29.5 Å². The molecule has 2 aliphatic rings. The van der Waals surface area contributed by atoms with E-state index >= 15 is 0 Å². The van der Waals surface area contributed by atoms with Gasteiger partial charge in [-0.1, -0.05) is 101 Å². The van der Waals surface area contributed by atoms with E-state index in [1.165, 1.54) is 61.5 Å². The zero-order chi connectivity index (χ0) is 51.0. The molecule has 0 aromatic heterocycles. The van der Waals surface area contributed by atoms with Crippen LogP contribution in [-0.4, -0.2) is 98.9 Å². The number of nitrogens with one attached hydrogen (secondary N) is 5. The SMILES string of the molecule is CC(=O)N1CCCN(c2ccc(F)cc2NC(=O)C(Cc2ccccc2)NC(=O)c2ccccc2F)CC1.O=C(NC(Cc1ccccc1)C(=O)Nc1cc(Br)ccc1N1CCNCC1)c1ccccc1F. The molecule has 13 nitrogen and oxygen atoms in total. The summed E-state index contributed by atoms with van der Waals surface area (Å²) in [5, 5.41) is 14.5. The molecule has 5 amide bonds. The van der Waals surface area contributed by atoms with Crippen molar-refractivity contribution < 1.29 is 37.1 Å². The minimum atomic E-state index is -1.06. The molecule has 6 aromatic rings. The van der Waals surface area contributed by atoms with Gasteiger partial charge < -0.3 is 41.3 Å². The molecule has 6 aromatic carbocycles. The van der Waals surface area contributed by atoms with Gasteiger partial charge in [-0.15, -0.1) is 0 Å². The number of hydrogen-bond donors (Lipinski definition) is 5. The Kier molecular flexibility index (Phi) is 18.6. The third-order valence-electron chi connectivity index (χ3n) is 12.2. The number of halogens is 4. The Hall–Kier alpha value is -7.50. The predicted octanol–water partition coefficient (Wildman–Crippen LogP) is 7.98. The Morgan fingerprint density at radius 1 is 0.556 bits per heavy atom. The fraction of sp³-hybridized carbons (Fsp3) is 0.255. The van der Waals surface area contributed by atoms with Crippen LogP contribution in [0.2, 0.25) is 0 Å². The van der Waals surface area contributed by atoms with Gasteiger partial charge in [0.15, 0.2) is 0 Å². The van der Waals surface area contributed by atoms with Crippen molar-refractivity contribution in [3.63, 3.8) is 0 Å². The minimum Gasteiger partial charge on any atom is -0.368 e. The number of benzene rings is 6. The molecule has 2 atom stereocenters. The number of carbonyl (C=O) groups excluding carboxylic acids is 5. The van der Waals surface area contributed by atoms with Crippen LogP contribution in [0.4, 0.5) is 35.9 Å². The second-order valence-corrected chi connectivity index (χ2v) is 18.2. The molecule has 0 aliphatic carbocycles. The van der Waals surface area contributed by atoms with Gasteiger partial charge in [0.2, 0.25) is 17.7 Å². The van der Waals surface area contributed by atoms with Crippen molar-refractivity contribution in [2.75, 3.05) is 72.8 Å². The lowest BCUT2D eigenvalue weighted by atomic mass is 10.0. The fourth-order valence-corrected chi connectivity index (χ4v) is 8.83. The number of anilines is 4. The molecule has 2 unspecified atom stereocenters. The Morgan fingerprint density at radius 2 is 1.03 bits per heavy atom. The van der Waals surface area contributed by atoms with E-state index in [1.54, 1.807) is 17.0 Å². The van der Waals surface area contributed by atoms with E-state index in [2.05, 4.69) is 47.4 Å². The largest absolute Gasteiger partial charge is 0.368 e. The average Bonchev–Trinajstić information content (AvgIpc) is 3.64. The van der Waals surface area contributed by atoms with Crippen molar-refractivity contribution in [1.82, 2.24) is 20.9 Å². The highest BCUT2D eigenvalue weighted by Gasteiger charge is 2.28. The van der Waals surface area contributed by atoms with Crippen molar-refractivity contribution in [1.29, 1.82) is 0 Å². The smallest absolute Gasteiger partial charge is 0.254 e. The van der Waals surface area contributed by atoms with Gasteiger partial charge in [0, 0.05) is 76.6 Å². The van der Waals surface area contributed by atoms with Gasteiger partial charge in [-0.25, -0.2) is 13.2 Å². The van der Waals surface area contributed by atoms with Gasteiger partial charge in [-0.2, -0.15) is 0 Å². The van der Waals surface area contributed by atoms with Crippen LogP contribution in [0.3, 0.4) is 0 Å². The summed E-state index contributed by atoms with van der Waals surface area (Å²) in [6, 6.07) is 37.8. The molecule has 2 saturated heterocycles. The van der Waals surface area contributed by atoms with Crippen LogP contribution in [-0.2, 0) is 27.2 Å². The van der Waals surface area contributed by atoms with Gasteiger partial charge in [0.05, 0.1) is 33.9 Å². The van der Waals surface area contributed by atoms with Crippen LogP contribution in [0, 0.1) is 17.5 Å². The summed E-state index contributed by atoms with van der Waals surface area (Å²) >= 11 is 3.49. The number of hydrogen-bond acceptors (Lipinski definition) is 8. The molecule has 72 heavy (non-hydrogen) atoms. The van der Waals surface area contributed by atoms with Crippen LogP contribution >= 0.6 is 15.9 Å². The number of rotatable bonds is 14. The highest BCUT2D eigenvalue weighted by molar-refractivity contribution is 9.10. The first kappa shape index (κ1) is 52.3. The molecule has 0 spiro atoms. The van der Waals surface area contributed by atoms with E-state index in [1.807, 2.05) is 83.8 Å². The summed E-state index contributed by atoms with van der Waals surface area (Å²) < 4.78 is 43.6. The third kappa shape index (κ3) is 14.5. The first-order valence-electron chi connectivity index (χ1n) is 23.7. The highest BCUT2D eigenvalue weighted by Crippen LogP contribution is 2.31. The maximum atomic E-state index is 14.3. The Balaban J connectivity index is 0.000000213. The molecule has 0 saturated carbocycles. The molecule has 0 radical (unpaired) electrons. The standard InChI is InChI=1S/C29H30F2N4O3.C26H26BrFN4O2/c1-20(36)34-14-7-15-35(17-16-34)27-13-12-22(30)19-25(27)32-29(38)26(18-21-8-3-2-4-9-21)33-28(37)23-10-5-6-11-24(23)31;27-19-10-11-24(32-14-12-29-13-15-32)22(17-19)30-26(34)23(16-18-6-2-1-3-7-18)31-25(33)20-8-4-5-9-21(20)28/h2-6,8-13,19,26H,7,14-18H2,1H3,(H,32,38)(H,33,37);1-11,17,23,29H,12-16H2,(H,30,34)(H,31,33). The molecule has 0 bridgehead atoms. The summed E-state index contributed by atoms with van der Waals surface area (Å²) in [6.07, 6.45) is 1.14. The molecular weight excluding hydrogens is 990 g/mol. The van der Waals surface area contributed by atoms with Crippen molar-refractivity contribution in [3.8, 4) is 0 Å². The molecule has 2 fully saturated rings. The van der Waals surface area contributed by atoms with E-state index in [-0.39, 0.29) is 41.5 Å². The zero-order valence-electron chi connectivity index (χ0n) is 39.7. The van der Waals surface area contributed by atoms with Crippen LogP contribution in [0.1, 0.15) is 45.2 Å². The number of amides is 5. The molecule has 17 heteroatoms. The van der Waals surface area contributed by atoms with Crippen molar-refractivity contribution in [2.24, 2.45) is 0 Å². The summed E-state index contributed by atoms with van der Waals surface area (Å²) in [5.41, 5.74) is 3.83. The van der Waals surface area contributed by atoms with Crippen LogP contribution in [0.25, 0.3) is 0 Å². The molecule has 8 rings (SSSR count). The van der Waals surface area contributed by atoms with Crippen LogP contribution < -0.4 is 36.4 Å². The van der Waals surface area contributed by atoms with Gasteiger partial charge >= 0.3 is 0 Å². The van der Waals surface area contributed by atoms with E-state index in [0.29, 0.717) is 37.6 Å². The quantitative estimate of drug-likeness (QED) is 0.0736. The molecule has 5 N–H and O–H groups in total. The van der Waals surface area contributed by atoms with Gasteiger partial charge in [0.25, 0.3) is 11.8 Å². The lowest BCUT2D eigenvalue weighted by Gasteiger charge is -2.31.